The number of carbonyl (C=O) groups is 1. The van der Waals surface area contributed by atoms with Gasteiger partial charge in [0.25, 0.3) is 0 Å². The van der Waals surface area contributed by atoms with E-state index in [0.717, 1.165) is 24.8 Å². The molecule has 2 rings (SSSR count). The fraction of sp³-hybridized carbons (Fsp3) is 0.500. The van der Waals surface area contributed by atoms with E-state index in [1.165, 1.54) is 5.56 Å². The lowest BCUT2D eigenvalue weighted by molar-refractivity contribution is -0.127. The molecule has 0 radical (unpaired) electrons. The summed E-state index contributed by atoms with van der Waals surface area (Å²) >= 11 is 0. The summed E-state index contributed by atoms with van der Waals surface area (Å²) in [7, 11) is 1.89. The maximum Gasteiger partial charge on any atom is 0.157 e. The second kappa shape index (κ2) is 4.38. The van der Waals surface area contributed by atoms with E-state index in [4.69, 9.17) is 0 Å². The highest BCUT2D eigenvalue weighted by atomic mass is 16.1. The molecular formula is C14H19NO. The van der Waals surface area contributed by atoms with E-state index >= 15 is 0 Å². The van der Waals surface area contributed by atoms with E-state index < -0.39 is 5.54 Å². The second-order valence-corrected chi connectivity index (χ2v) is 4.66. The SMILES string of the molecule is CNC1(c2cccc(C)c2)CCCCC1=O. The zero-order valence-electron chi connectivity index (χ0n) is 10.0. The molecule has 1 N–H and O–H groups in total. The van der Waals surface area contributed by atoms with E-state index in [2.05, 4.69) is 30.4 Å². The van der Waals surface area contributed by atoms with Crippen molar-refractivity contribution in [3.8, 4) is 0 Å². The Bertz CT molecular complexity index is 399. The van der Waals surface area contributed by atoms with Gasteiger partial charge in [-0.1, -0.05) is 36.2 Å². The summed E-state index contributed by atoms with van der Waals surface area (Å²) in [4.78, 5) is 12.2. The van der Waals surface area contributed by atoms with Crippen molar-refractivity contribution in [1.29, 1.82) is 0 Å². The molecule has 16 heavy (non-hydrogen) atoms. The molecule has 0 spiro atoms. The molecule has 1 saturated carbocycles. The molecule has 0 heterocycles. The van der Waals surface area contributed by atoms with Gasteiger partial charge in [-0.3, -0.25) is 4.79 Å². The van der Waals surface area contributed by atoms with Crippen LogP contribution in [0.15, 0.2) is 24.3 Å². The van der Waals surface area contributed by atoms with Gasteiger partial charge >= 0.3 is 0 Å². The number of aryl methyl sites for hydroxylation is 1. The van der Waals surface area contributed by atoms with Crippen molar-refractivity contribution < 1.29 is 4.79 Å². The van der Waals surface area contributed by atoms with Gasteiger partial charge in [-0.2, -0.15) is 0 Å². The maximum atomic E-state index is 12.2. The van der Waals surface area contributed by atoms with Gasteiger partial charge in [0.2, 0.25) is 0 Å². The highest BCUT2D eigenvalue weighted by molar-refractivity contribution is 5.90. The van der Waals surface area contributed by atoms with E-state index in [9.17, 15) is 4.79 Å². The number of nitrogens with one attached hydrogen (secondary N) is 1. The molecule has 1 fully saturated rings. The first-order valence-electron chi connectivity index (χ1n) is 5.98. The Kier molecular flexibility index (Phi) is 3.10. The largest absolute Gasteiger partial charge is 0.304 e. The third-order valence-corrected chi connectivity index (χ3v) is 3.62. The highest BCUT2D eigenvalue weighted by Gasteiger charge is 2.39. The zero-order valence-corrected chi connectivity index (χ0v) is 10.0. The number of Topliss-reactive ketones (excluding diaryl/α,β-unsaturated/α-hetero) is 1. The van der Waals surface area contributed by atoms with Crippen LogP contribution >= 0.6 is 0 Å². The van der Waals surface area contributed by atoms with Crippen LogP contribution in [-0.4, -0.2) is 12.8 Å². The van der Waals surface area contributed by atoms with Gasteiger partial charge in [0.05, 0.1) is 0 Å². The van der Waals surface area contributed by atoms with Crippen molar-refractivity contribution in [2.24, 2.45) is 0 Å². The van der Waals surface area contributed by atoms with E-state index in [0.29, 0.717) is 12.2 Å². The predicted molar refractivity (Wildman–Crippen MR) is 65.4 cm³/mol. The lowest BCUT2D eigenvalue weighted by Crippen LogP contribution is -2.49. The lowest BCUT2D eigenvalue weighted by atomic mass is 9.75. The van der Waals surface area contributed by atoms with E-state index in [1.807, 2.05) is 13.1 Å². The minimum Gasteiger partial charge on any atom is -0.304 e. The number of hydrogen-bond acceptors (Lipinski definition) is 2. The Hall–Kier alpha value is -1.15. The minimum atomic E-state index is -0.426. The van der Waals surface area contributed by atoms with Crippen LogP contribution in [0.1, 0.15) is 36.8 Å². The summed E-state index contributed by atoms with van der Waals surface area (Å²) in [6, 6.07) is 8.29. The van der Waals surface area contributed by atoms with Crippen LogP contribution in [0, 0.1) is 6.92 Å². The average Bonchev–Trinajstić information content (AvgIpc) is 2.30. The van der Waals surface area contributed by atoms with Crippen molar-refractivity contribution in [3.63, 3.8) is 0 Å². The Labute approximate surface area is 97.1 Å². The number of carbonyl (C=O) groups excluding carboxylic acids is 1. The molecule has 1 atom stereocenters. The van der Waals surface area contributed by atoms with Crippen molar-refractivity contribution in [2.75, 3.05) is 7.05 Å². The van der Waals surface area contributed by atoms with Crippen LogP contribution in [0.3, 0.4) is 0 Å². The van der Waals surface area contributed by atoms with Crippen LogP contribution in [0.5, 0.6) is 0 Å². The summed E-state index contributed by atoms with van der Waals surface area (Å²) in [6.45, 7) is 2.07. The third kappa shape index (κ3) is 1.78. The van der Waals surface area contributed by atoms with Gasteiger partial charge in [-0.25, -0.2) is 0 Å². The van der Waals surface area contributed by atoms with Gasteiger partial charge in [0, 0.05) is 6.42 Å². The molecule has 1 unspecified atom stereocenters. The van der Waals surface area contributed by atoms with Crippen LogP contribution in [-0.2, 0) is 10.3 Å². The minimum absolute atomic E-state index is 0.340. The quantitative estimate of drug-likeness (QED) is 0.825. The predicted octanol–water partition coefficient (Wildman–Crippen LogP) is 2.55. The molecule has 1 aromatic carbocycles. The number of likely N-dealkylation sites (N-methyl/N-ethyl adjacent to an activating group) is 1. The first-order chi connectivity index (χ1) is 7.69. The van der Waals surface area contributed by atoms with Crippen LogP contribution in [0.25, 0.3) is 0 Å². The normalized spacial score (nSPS) is 25.8. The fourth-order valence-corrected chi connectivity index (χ4v) is 2.65. The second-order valence-electron chi connectivity index (χ2n) is 4.66. The van der Waals surface area contributed by atoms with Crippen molar-refractivity contribution in [2.45, 2.75) is 38.1 Å². The molecule has 86 valence electrons. The van der Waals surface area contributed by atoms with Gasteiger partial charge in [-0.15, -0.1) is 0 Å². The molecule has 0 aliphatic heterocycles. The summed E-state index contributed by atoms with van der Waals surface area (Å²) in [5.74, 6) is 0.340. The summed E-state index contributed by atoms with van der Waals surface area (Å²) < 4.78 is 0. The van der Waals surface area contributed by atoms with E-state index in [1.54, 1.807) is 0 Å². The Morgan fingerprint density at radius 3 is 2.75 bits per heavy atom. The Balaban J connectivity index is 2.44. The molecule has 1 aliphatic rings. The molecule has 1 aromatic rings. The average molecular weight is 217 g/mol. The zero-order chi connectivity index (χ0) is 11.6. The van der Waals surface area contributed by atoms with Gasteiger partial charge in [0.15, 0.2) is 5.78 Å². The molecule has 1 aliphatic carbocycles. The Morgan fingerprint density at radius 2 is 2.12 bits per heavy atom. The third-order valence-electron chi connectivity index (χ3n) is 3.62. The Morgan fingerprint density at radius 1 is 1.31 bits per heavy atom. The van der Waals surface area contributed by atoms with E-state index in [-0.39, 0.29) is 0 Å². The topological polar surface area (TPSA) is 29.1 Å². The molecule has 0 amide bonds. The maximum absolute atomic E-state index is 12.2. The monoisotopic (exact) mass is 217 g/mol. The summed E-state index contributed by atoms with van der Waals surface area (Å²) in [5, 5.41) is 3.26. The summed E-state index contributed by atoms with van der Waals surface area (Å²) in [6.07, 6.45) is 3.79. The number of benzene rings is 1. The molecule has 0 aromatic heterocycles. The van der Waals surface area contributed by atoms with Crippen LogP contribution < -0.4 is 5.32 Å². The van der Waals surface area contributed by atoms with Gasteiger partial charge < -0.3 is 5.32 Å². The first-order valence-corrected chi connectivity index (χ1v) is 5.98. The highest BCUT2D eigenvalue weighted by Crippen LogP contribution is 2.34. The van der Waals surface area contributed by atoms with Crippen molar-refractivity contribution >= 4 is 5.78 Å². The standard InChI is InChI=1S/C14H19NO/c1-11-6-5-7-12(10-11)14(15-2)9-4-3-8-13(14)16/h5-7,10,15H,3-4,8-9H2,1-2H3. The number of rotatable bonds is 2. The van der Waals surface area contributed by atoms with Crippen molar-refractivity contribution in [3.05, 3.63) is 35.4 Å². The fourth-order valence-electron chi connectivity index (χ4n) is 2.65. The lowest BCUT2D eigenvalue weighted by Gasteiger charge is -2.36. The van der Waals surface area contributed by atoms with Crippen molar-refractivity contribution in [1.82, 2.24) is 5.32 Å². The number of ketones is 1. The van der Waals surface area contributed by atoms with Crippen LogP contribution in [0.4, 0.5) is 0 Å². The molecule has 2 heteroatoms. The molecule has 0 saturated heterocycles. The van der Waals surface area contributed by atoms with Crippen LogP contribution in [0.2, 0.25) is 0 Å². The summed E-state index contributed by atoms with van der Waals surface area (Å²) in [5.41, 5.74) is 1.91. The van der Waals surface area contributed by atoms with Gasteiger partial charge in [0.1, 0.15) is 5.54 Å². The smallest absolute Gasteiger partial charge is 0.157 e. The molecule has 2 nitrogen and oxygen atoms in total. The number of hydrogen-bond donors (Lipinski definition) is 1. The molecular weight excluding hydrogens is 198 g/mol. The first kappa shape index (κ1) is 11.3. The van der Waals surface area contributed by atoms with Gasteiger partial charge in [-0.05, 0) is 32.4 Å². The molecule has 0 bridgehead atoms.